The van der Waals surface area contributed by atoms with Crippen LogP contribution >= 0.6 is 39.3 Å². The second kappa shape index (κ2) is 7.17. The Hall–Kier alpha value is -0.710. The monoisotopic (exact) mass is 356 g/mol. The number of rotatable bonds is 5. The number of halogens is 2. The molecule has 2 rings (SSSR count). The second-order valence-electron chi connectivity index (χ2n) is 3.87. The van der Waals surface area contributed by atoms with Gasteiger partial charge in [0, 0.05) is 21.7 Å². The summed E-state index contributed by atoms with van der Waals surface area (Å²) in [6.45, 7) is 2.90. The number of pyridine rings is 1. The smallest absolute Gasteiger partial charge is 0.126 e. The van der Waals surface area contributed by atoms with Gasteiger partial charge in [-0.15, -0.1) is 11.8 Å². The molecule has 0 saturated carbocycles. The predicted molar refractivity (Wildman–Crippen MR) is 87.1 cm³/mol. The molecule has 0 aliphatic carbocycles. The summed E-state index contributed by atoms with van der Waals surface area (Å²) < 4.78 is 1.10. The van der Waals surface area contributed by atoms with Gasteiger partial charge in [0.2, 0.25) is 0 Å². The van der Waals surface area contributed by atoms with Crippen molar-refractivity contribution in [3.63, 3.8) is 0 Å². The highest BCUT2D eigenvalue weighted by atomic mass is 79.9. The lowest BCUT2D eigenvalue weighted by molar-refractivity contribution is 1.11. The highest BCUT2D eigenvalue weighted by Gasteiger charge is 2.06. The van der Waals surface area contributed by atoms with E-state index in [4.69, 9.17) is 11.6 Å². The van der Waals surface area contributed by atoms with Crippen LogP contribution in [0.5, 0.6) is 0 Å². The van der Waals surface area contributed by atoms with E-state index in [1.165, 1.54) is 4.90 Å². The van der Waals surface area contributed by atoms with Gasteiger partial charge < -0.3 is 5.32 Å². The summed E-state index contributed by atoms with van der Waals surface area (Å²) in [7, 11) is 0. The third-order valence-corrected chi connectivity index (χ3v) is 4.86. The first kappa shape index (κ1) is 14.7. The molecule has 5 heteroatoms. The molecule has 2 nitrogen and oxygen atoms in total. The summed E-state index contributed by atoms with van der Waals surface area (Å²) in [5, 5.41) is 3.91. The maximum Gasteiger partial charge on any atom is 0.126 e. The van der Waals surface area contributed by atoms with Crippen LogP contribution in [0.15, 0.2) is 45.8 Å². The van der Waals surface area contributed by atoms with E-state index in [0.29, 0.717) is 5.02 Å². The number of hydrogen-bond acceptors (Lipinski definition) is 3. The fraction of sp³-hybridized carbons (Fsp3) is 0.214. The summed E-state index contributed by atoms with van der Waals surface area (Å²) in [5.74, 6) is 1.62. The number of benzene rings is 1. The number of nitrogens with one attached hydrogen (secondary N) is 1. The SMILES string of the molecule is CCNc1ccc(Cl)c(CSc2ccccc2Br)n1. The Morgan fingerprint density at radius 3 is 2.79 bits per heavy atom. The van der Waals surface area contributed by atoms with Crippen LogP contribution in [0.4, 0.5) is 5.82 Å². The zero-order valence-corrected chi connectivity index (χ0v) is 13.6. The van der Waals surface area contributed by atoms with Crippen LogP contribution in [0.25, 0.3) is 0 Å². The van der Waals surface area contributed by atoms with Crippen molar-refractivity contribution in [1.82, 2.24) is 4.98 Å². The molecule has 0 spiro atoms. The Balaban J connectivity index is 2.10. The van der Waals surface area contributed by atoms with E-state index in [9.17, 15) is 0 Å². The van der Waals surface area contributed by atoms with Gasteiger partial charge in [0.25, 0.3) is 0 Å². The number of anilines is 1. The second-order valence-corrected chi connectivity index (χ2v) is 6.15. The Bertz CT molecular complexity index is 563. The van der Waals surface area contributed by atoms with Gasteiger partial charge in [-0.1, -0.05) is 23.7 Å². The minimum absolute atomic E-state index is 0.709. The van der Waals surface area contributed by atoms with E-state index < -0.39 is 0 Å². The average Bonchev–Trinajstić information content (AvgIpc) is 2.41. The van der Waals surface area contributed by atoms with Gasteiger partial charge >= 0.3 is 0 Å². The first-order valence-electron chi connectivity index (χ1n) is 5.97. The van der Waals surface area contributed by atoms with E-state index in [1.807, 2.05) is 37.3 Å². The van der Waals surface area contributed by atoms with Crippen LogP contribution in [0, 0.1) is 0 Å². The third-order valence-electron chi connectivity index (χ3n) is 2.48. The van der Waals surface area contributed by atoms with Gasteiger partial charge in [0.1, 0.15) is 5.82 Å². The molecule has 2 aromatic rings. The van der Waals surface area contributed by atoms with E-state index in [0.717, 1.165) is 28.3 Å². The summed E-state index contributed by atoms with van der Waals surface area (Å²) >= 11 is 11.4. The van der Waals surface area contributed by atoms with Gasteiger partial charge in [0.15, 0.2) is 0 Å². The lowest BCUT2D eigenvalue weighted by Crippen LogP contribution is -2.01. The quantitative estimate of drug-likeness (QED) is 0.742. The van der Waals surface area contributed by atoms with Crippen LogP contribution in [0.2, 0.25) is 5.02 Å². The van der Waals surface area contributed by atoms with E-state index >= 15 is 0 Å². The maximum absolute atomic E-state index is 6.19. The van der Waals surface area contributed by atoms with Crippen molar-refractivity contribution >= 4 is 45.1 Å². The Morgan fingerprint density at radius 2 is 2.05 bits per heavy atom. The van der Waals surface area contributed by atoms with Crippen molar-refractivity contribution in [1.29, 1.82) is 0 Å². The standard InChI is InChI=1S/C14H14BrClN2S/c1-2-17-14-8-7-11(16)12(18-14)9-19-13-6-4-3-5-10(13)15/h3-8H,2,9H2,1H3,(H,17,18). The van der Waals surface area contributed by atoms with E-state index in [-0.39, 0.29) is 0 Å². The van der Waals surface area contributed by atoms with Crippen molar-refractivity contribution in [2.45, 2.75) is 17.6 Å². The molecule has 0 aliphatic heterocycles. The molecule has 0 saturated heterocycles. The number of thioether (sulfide) groups is 1. The molecule has 1 aromatic carbocycles. The molecule has 100 valence electrons. The Labute approximate surface area is 131 Å². The lowest BCUT2D eigenvalue weighted by Gasteiger charge is -2.08. The molecule has 0 fully saturated rings. The summed E-state index contributed by atoms with van der Waals surface area (Å²) in [4.78, 5) is 5.72. The highest BCUT2D eigenvalue weighted by molar-refractivity contribution is 9.10. The molecule has 0 amide bonds. The molecule has 0 atom stereocenters. The first-order chi connectivity index (χ1) is 9.20. The fourth-order valence-electron chi connectivity index (χ4n) is 1.57. The molecule has 1 aromatic heterocycles. The van der Waals surface area contributed by atoms with Gasteiger partial charge in [-0.2, -0.15) is 0 Å². The van der Waals surface area contributed by atoms with Crippen LogP contribution < -0.4 is 5.32 Å². The van der Waals surface area contributed by atoms with Crippen LogP contribution in [-0.2, 0) is 5.75 Å². The van der Waals surface area contributed by atoms with E-state index in [2.05, 4.69) is 32.3 Å². The number of hydrogen-bond donors (Lipinski definition) is 1. The average molecular weight is 358 g/mol. The summed E-state index contributed by atoms with van der Waals surface area (Å²) in [5.41, 5.74) is 0.904. The topological polar surface area (TPSA) is 24.9 Å². The molecular weight excluding hydrogens is 344 g/mol. The summed E-state index contributed by atoms with van der Waals surface area (Å²) in [6, 6.07) is 11.9. The molecule has 0 radical (unpaired) electrons. The zero-order chi connectivity index (χ0) is 13.7. The highest BCUT2D eigenvalue weighted by Crippen LogP contribution is 2.31. The van der Waals surface area contributed by atoms with Crippen LogP contribution in [0.3, 0.4) is 0 Å². The minimum atomic E-state index is 0.709. The van der Waals surface area contributed by atoms with Gasteiger partial charge in [-0.05, 0) is 47.1 Å². The minimum Gasteiger partial charge on any atom is -0.370 e. The Kier molecular flexibility index (Phi) is 5.55. The van der Waals surface area contributed by atoms with E-state index in [1.54, 1.807) is 11.8 Å². The van der Waals surface area contributed by atoms with Crippen LogP contribution in [-0.4, -0.2) is 11.5 Å². The first-order valence-corrected chi connectivity index (χ1v) is 8.13. The van der Waals surface area contributed by atoms with Gasteiger partial charge in [0.05, 0.1) is 10.7 Å². The molecule has 0 aliphatic rings. The lowest BCUT2D eigenvalue weighted by atomic mass is 10.3. The van der Waals surface area contributed by atoms with Crippen molar-refractivity contribution in [3.8, 4) is 0 Å². The Morgan fingerprint density at radius 1 is 1.26 bits per heavy atom. The largest absolute Gasteiger partial charge is 0.370 e. The van der Waals surface area contributed by atoms with Gasteiger partial charge in [-0.25, -0.2) is 4.98 Å². The van der Waals surface area contributed by atoms with Crippen molar-refractivity contribution in [2.75, 3.05) is 11.9 Å². The van der Waals surface area contributed by atoms with Crippen LogP contribution in [0.1, 0.15) is 12.6 Å². The van der Waals surface area contributed by atoms with Crippen molar-refractivity contribution in [3.05, 3.63) is 51.6 Å². The molecule has 0 bridgehead atoms. The predicted octanol–water partition coefficient (Wildman–Crippen LogP) is 5.22. The molecule has 19 heavy (non-hydrogen) atoms. The summed E-state index contributed by atoms with van der Waals surface area (Å²) in [6.07, 6.45) is 0. The number of nitrogens with zero attached hydrogens (tertiary/aromatic N) is 1. The third kappa shape index (κ3) is 4.13. The number of aromatic nitrogens is 1. The normalized spacial score (nSPS) is 10.5. The molecule has 1 heterocycles. The fourth-order valence-corrected chi connectivity index (χ4v) is 3.35. The van der Waals surface area contributed by atoms with Gasteiger partial charge in [-0.3, -0.25) is 0 Å². The van der Waals surface area contributed by atoms with Crippen molar-refractivity contribution in [2.24, 2.45) is 0 Å². The molecule has 0 unspecified atom stereocenters. The molecular formula is C14H14BrClN2S. The molecule has 1 N–H and O–H groups in total. The van der Waals surface area contributed by atoms with Crippen molar-refractivity contribution < 1.29 is 0 Å². The zero-order valence-electron chi connectivity index (χ0n) is 10.5. The maximum atomic E-state index is 6.19.